The molecule has 0 fully saturated rings. The summed E-state index contributed by atoms with van der Waals surface area (Å²) in [6.07, 6.45) is 0. The zero-order valence-corrected chi connectivity index (χ0v) is 10.8. The number of tetrazole rings is 1. The summed E-state index contributed by atoms with van der Waals surface area (Å²) in [6, 6.07) is 11.8. The molecule has 0 atom stereocenters. The van der Waals surface area contributed by atoms with Crippen LogP contribution in [0.1, 0.15) is 5.56 Å². The van der Waals surface area contributed by atoms with E-state index in [1.54, 1.807) is 0 Å². The first-order valence-electron chi connectivity index (χ1n) is 6.06. The highest BCUT2D eigenvalue weighted by Gasteiger charge is 2.14. The smallest absolute Gasteiger partial charge is 0.189 e. The fourth-order valence-corrected chi connectivity index (χ4v) is 1.94. The van der Waals surface area contributed by atoms with Crippen LogP contribution in [0.15, 0.2) is 42.5 Å². The van der Waals surface area contributed by atoms with Crippen LogP contribution in [-0.4, -0.2) is 20.2 Å². The summed E-state index contributed by atoms with van der Waals surface area (Å²) in [5.74, 6) is 0.0264. The van der Waals surface area contributed by atoms with Gasteiger partial charge in [-0.05, 0) is 47.7 Å². The number of halogens is 1. The molecule has 2 N–H and O–H groups in total. The van der Waals surface area contributed by atoms with Crippen LogP contribution in [0.3, 0.4) is 0 Å². The Morgan fingerprint density at radius 1 is 1.10 bits per heavy atom. The van der Waals surface area contributed by atoms with Gasteiger partial charge in [-0.2, -0.15) is 4.68 Å². The summed E-state index contributed by atoms with van der Waals surface area (Å²) in [4.78, 5) is 0. The van der Waals surface area contributed by atoms with E-state index in [0.29, 0.717) is 17.1 Å². The highest BCUT2D eigenvalue weighted by Crippen LogP contribution is 2.26. The lowest BCUT2D eigenvalue weighted by atomic mass is 10.1. The van der Waals surface area contributed by atoms with E-state index < -0.39 is 0 Å². The molecule has 0 amide bonds. The Kier molecular flexibility index (Phi) is 2.90. The van der Waals surface area contributed by atoms with Gasteiger partial charge >= 0.3 is 0 Å². The highest BCUT2D eigenvalue weighted by molar-refractivity contribution is 5.72. The third kappa shape index (κ3) is 2.11. The minimum Gasteiger partial charge on any atom is -0.398 e. The molecule has 0 spiro atoms. The molecule has 0 radical (unpaired) electrons. The van der Waals surface area contributed by atoms with Crippen molar-refractivity contribution in [3.8, 4) is 17.1 Å². The first-order valence-corrected chi connectivity index (χ1v) is 6.06. The SMILES string of the molecule is Cc1ccc(-n2nnnc2-c2cc(F)ccc2N)cc1. The quantitative estimate of drug-likeness (QED) is 0.725. The molecule has 3 rings (SSSR count). The van der Waals surface area contributed by atoms with Crippen LogP contribution in [0, 0.1) is 12.7 Å². The maximum atomic E-state index is 13.4. The molecule has 0 aliphatic heterocycles. The summed E-state index contributed by atoms with van der Waals surface area (Å²) < 4.78 is 14.9. The molecule has 5 nitrogen and oxygen atoms in total. The Balaban J connectivity index is 2.15. The Morgan fingerprint density at radius 2 is 1.85 bits per heavy atom. The Bertz CT molecular complexity index is 749. The van der Waals surface area contributed by atoms with Crippen LogP contribution in [0.25, 0.3) is 17.1 Å². The summed E-state index contributed by atoms with van der Waals surface area (Å²) in [7, 11) is 0. The molecule has 6 heteroatoms. The van der Waals surface area contributed by atoms with Gasteiger partial charge < -0.3 is 5.73 Å². The second-order valence-electron chi connectivity index (χ2n) is 4.48. The van der Waals surface area contributed by atoms with Gasteiger partial charge in [-0.15, -0.1) is 5.10 Å². The predicted octanol–water partition coefficient (Wildman–Crippen LogP) is 2.36. The maximum Gasteiger partial charge on any atom is 0.189 e. The van der Waals surface area contributed by atoms with Gasteiger partial charge in [0.15, 0.2) is 5.82 Å². The van der Waals surface area contributed by atoms with E-state index in [-0.39, 0.29) is 5.82 Å². The second-order valence-corrected chi connectivity index (χ2v) is 4.48. The Labute approximate surface area is 114 Å². The van der Waals surface area contributed by atoms with Gasteiger partial charge in [-0.1, -0.05) is 17.7 Å². The van der Waals surface area contributed by atoms with E-state index in [1.807, 2.05) is 31.2 Å². The number of benzene rings is 2. The normalized spacial score (nSPS) is 10.7. The molecule has 0 unspecified atom stereocenters. The van der Waals surface area contributed by atoms with E-state index in [1.165, 1.54) is 22.9 Å². The molecular formula is C14H12FN5. The first-order chi connectivity index (χ1) is 9.65. The van der Waals surface area contributed by atoms with Crippen molar-refractivity contribution in [3.63, 3.8) is 0 Å². The number of aromatic nitrogens is 4. The lowest BCUT2D eigenvalue weighted by Crippen LogP contribution is -2.02. The van der Waals surface area contributed by atoms with Gasteiger partial charge in [-0.25, -0.2) is 4.39 Å². The van der Waals surface area contributed by atoms with Crippen LogP contribution >= 0.6 is 0 Å². The van der Waals surface area contributed by atoms with Crippen molar-refractivity contribution in [2.24, 2.45) is 0 Å². The fraction of sp³-hybridized carbons (Fsp3) is 0.0714. The number of anilines is 1. The molecule has 0 aliphatic carbocycles. The Morgan fingerprint density at radius 3 is 2.60 bits per heavy atom. The number of hydrogen-bond donors (Lipinski definition) is 1. The lowest BCUT2D eigenvalue weighted by Gasteiger charge is -2.07. The third-order valence-corrected chi connectivity index (χ3v) is 3.00. The second kappa shape index (κ2) is 4.73. The average molecular weight is 269 g/mol. The molecule has 0 saturated heterocycles. The molecule has 1 aromatic heterocycles. The number of nitrogens with zero attached hydrogens (tertiary/aromatic N) is 4. The van der Waals surface area contributed by atoms with E-state index in [0.717, 1.165) is 11.3 Å². The topological polar surface area (TPSA) is 69.6 Å². The minimum atomic E-state index is -0.382. The summed E-state index contributed by atoms with van der Waals surface area (Å²) in [5, 5.41) is 11.5. The van der Waals surface area contributed by atoms with Crippen LogP contribution in [-0.2, 0) is 0 Å². The van der Waals surface area contributed by atoms with Gasteiger partial charge in [0, 0.05) is 11.3 Å². The van der Waals surface area contributed by atoms with Crippen molar-refractivity contribution >= 4 is 5.69 Å². The minimum absolute atomic E-state index is 0.382. The van der Waals surface area contributed by atoms with Crippen molar-refractivity contribution < 1.29 is 4.39 Å². The monoisotopic (exact) mass is 269 g/mol. The van der Waals surface area contributed by atoms with Crippen molar-refractivity contribution in [1.29, 1.82) is 0 Å². The number of nitrogens with two attached hydrogens (primary N) is 1. The molecule has 20 heavy (non-hydrogen) atoms. The fourth-order valence-electron chi connectivity index (χ4n) is 1.94. The van der Waals surface area contributed by atoms with Crippen LogP contribution in [0.2, 0.25) is 0 Å². The summed E-state index contributed by atoms with van der Waals surface area (Å²) in [5.41, 5.74) is 8.69. The molecule has 0 saturated carbocycles. The summed E-state index contributed by atoms with van der Waals surface area (Å²) in [6.45, 7) is 1.99. The van der Waals surface area contributed by atoms with Gasteiger partial charge in [0.25, 0.3) is 0 Å². The Hall–Kier alpha value is -2.76. The van der Waals surface area contributed by atoms with Crippen LogP contribution in [0.4, 0.5) is 10.1 Å². The van der Waals surface area contributed by atoms with Gasteiger partial charge in [0.2, 0.25) is 0 Å². The van der Waals surface area contributed by atoms with Crippen molar-refractivity contribution in [2.75, 3.05) is 5.73 Å². The summed E-state index contributed by atoms with van der Waals surface area (Å²) >= 11 is 0. The van der Waals surface area contributed by atoms with Crippen LogP contribution in [0.5, 0.6) is 0 Å². The predicted molar refractivity (Wildman–Crippen MR) is 73.7 cm³/mol. The molecular weight excluding hydrogens is 257 g/mol. The van der Waals surface area contributed by atoms with E-state index >= 15 is 0 Å². The zero-order valence-electron chi connectivity index (χ0n) is 10.8. The van der Waals surface area contributed by atoms with E-state index in [9.17, 15) is 4.39 Å². The molecule has 2 aromatic carbocycles. The molecule has 1 heterocycles. The van der Waals surface area contributed by atoms with Gasteiger partial charge in [0.1, 0.15) is 5.82 Å². The molecule has 3 aromatic rings. The molecule has 0 aliphatic rings. The highest BCUT2D eigenvalue weighted by atomic mass is 19.1. The number of nitrogen functional groups attached to an aromatic ring is 1. The standard InChI is InChI=1S/C14H12FN5/c1-9-2-5-11(6-3-9)20-14(17-18-19-20)12-8-10(15)4-7-13(12)16/h2-8H,16H2,1H3. The molecule has 100 valence electrons. The lowest BCUT2D eigenvalue weighted by molar-refractivity contribution is 0.628. The third-order valence-electron chi connectivity index (χ3n) is 3.00. The average Bonchev–Trinajstić information content (AvgIpc) is 2.91. The zero-order chi connectivity index (χ0) is 14.1. The van der Waals surface area contributed by atoms with E-state index in [2.05, 4.69) is 15.5 Å². The van der Waals surface area contributed by atoms with Gasteiger partial charge in [-0.3, -0.25) is 0 Å². The number of hydrogen-bond acceptors (Lipinski definition) is 4. The van der Waals surface area contributed by atoms with Crippen molar-refractivity contribution in [2.45, 2.75) is 6.92 Å². The van der Waals surface area contributed by atoms with Crippen molar-refractivity contribution in [3.05, 3.63) is 53.8 Å². The van der Waals surface area contributed by atoms with Gasteiger partial charge in [0.05, 0.1) is 5.69 Å². The van der Waals surface area contributed by atoms with E-state index in [4.69, 9.17) is 5.73 Å². The molecule has 0 bridgehead atoms. The number of rotatable bonds is 2. The van der Waals surface area contributed by atoms with Crippen molar-refractivity contribution in [1.82, 2.24) is 20.2 Å². The largest absolute Gasteiger partial charge is 0.398 e. The van der Waals surface area contributed by atoms with Crippen LogP contribution < -0.4 is 5.73 Å². The number of aryl methyl sites for hydroxylation is 1. The maximum absolute atomic E-state index is 13.4. The first kappa shape index (κ1) is 12.3.